The topological polar surface area (TPSA) is 25.2 Å². The average Bonchev–Trinajstić information content (AvgIpc) is 3.48. The summed E-state index contributed by atoms with van der Waals surface area (Å²) in [6, 6.07) is 17.8. The van der Waals surface area contributed by atoms with Gasteiger partial charge in [0.25, 0.3) is 0 Å². The van der Waals surface area contributed by atoms with E-state index in [1.807, 2.05) is 0 Å². The first-order valence-electron chi connectivity index (χ1n) is 10.1. The van der Waals surface area contributed by atoms with E-state index < -0.39 is 0 Å². The maximum absolute atomic E-state index is 13.5. The molecule has 1 atom stereocenters. The third-order valence-electron chi connectivity index (χ3n) is 6.22. The monoisotopic (exact) mass is 358 g/mol. The van der Waals surface area contributed by atoms with Crippen LogP contribution < -0.4 is 0 Å². The lowest BCUT2D eigenvalue weighted by Gasteiger charge is -2.36. The molecule has 1 saturated carbocycles. The number of hydrogen-bond acceptors (Lipinski definition) is 1. The fraction of sp³-hybridized carbons (Fsp3) is 0.375. The van der Waals surface area contributed by atoms with E-state index >= 15 is 0 Å². The molecule has 0 spiro atoms. The third-order valence-corrected chi connectivity index (χ3v) is 6.22. The number of amides is 1. The van der Waals surface area contributed by atoms with Gasteiger partial charge in [-0.2, -0.15) is 0 Å². The van der Waals surface area contributed by atoms with E-state index in [1.54, 1.807) is 0 Å². The molecule has 2 aliphatic carbocycles. The second kappa shape index (κ2) is 6.56. The van der Waals surface area contributed by atoms with Crippen molar-refractivity contribution in [2.24, 2.45) is 7.05 Å². The minimum atomic E-state index is 0.255. The van der Waals surface area contributed by atoms with Crippen molar-refractivity contribution in [3.63, 3.8) is 0 Å². The van der Waals surface area contributed by atoms with Crippen molar-refractivity contribution in [1.29, 1.82) is 0 Å². The highest BCUT2D eigenvalue weighted by molar-refractivity contribution is 5.89. The van der Waals surface area contributed by atoms with Gasteiger partial charge in [0.05, 0.1) is 12.5 Å². The number of aryl methyl sites for hydroxylation is 2. The number of para-hydroxylation sites is 1. The first kappa shape index (κ1) is 16.6. The normalized spacial score (nSPS) is 19.1. The van der Waals surface area contributed by atoms with Crippen molar-refractivity contribution < 1.29 is 4.79 Å². The van der Waals surface area contributed by atoms with Crippen LogP contribution in [0.5, 0.6) is 0 Å². The molecule has 2 aliphatic rings. The minimum Gasteiger partial charge on any atom is -0.350 e. The maximum Gasteiger partial charge on any atom is 0.227 e. The Hall–Kier alpha value is -2.55. The lowest BCUT2D eigenvalue weighted by molar-refractivity contribution is -0.134. The molecule has 0 N–H and O–H groups in total. The molecule has 5 rings (SSSR count). The van der Waals surface area contributed by atoms with Crippen LogP contribution in [0.1, 0.15) is 48.4 Å². The zero-order valence-electron chi connectivity index (χ0n) is 15.9. The van der Waals surface area contributed by atoms with Crippen molar-refractivity contribution in [2.45, 2.75) is 50.6 Å². The summed E-state index contributed by atoms with van der Waals surface area (Å²) in [6.07, 6.45) is 8.34. The van der Waals surface area contributed by atoms with Crippen LogP contribution >= 0.6 is 0 Å². The molecule has 0 saturated heterocycles. The molecule has 3 heteroatoms. The van der Waals surface area contributed by atoms with Gasteiger partial charge >= 0.3 is 0 Å². The van der Waals surface area contributed by atoms with E-state index in [2.05, 4.69) is 71.2 Å². The van der Waals surface area contributed by atoms with Crippen LogP contribution in [0, 0.1) is 0 Å². The standard InChI is InChI=1S/C24H26N2O/c1-25-16-18(21-10-4-5-11-22(21)25)15-24(27)26(19-13-14-19)23-12-6-8-17-7-2-3-9-20(17)23/h2-5,7,9-11,16,19,23H,6,8,12-15H2,1H3. The molecule has 0 radical (unpaired) electrons. The summed E-state index contributed by atoms with van der Waals surface area (Å²) in [7, 11) is 2.06. The van der Waals surface area contributed by atoms with E-state index in [9.17, 15) is 4.79 Å². The van der Waals surface area contributed by atoms with Crippen LogP contribution in [-0.4, -0.2) is 21.4 Å². The summed E-state index contributed by atoms with van der Waals surface area (Å²) in [5, 5.41) is 1.20. The molecular formula is C24H26N2O. The molecule has 1 aromatic heterocycles. The minimum absolute atomic E-state index is 0.255. The molecule has 1 unspecified atom stereocenters. The van der Waals surface area contributed by atoms with Crippen LogP contribution in [0.3, 0.4) is 0 Å². The lowest BCUT2D eigenvalue weighted by atomic mass is 9.86. The predicted octanol–water partition coefficient (Wildman–Crippen LogP) is 4.79. The van der Waals surface area contributed by atoms with Crippen LogP contribution in [0.2, 0.25) is 0 Å². The fourth-order valence-electron chi connectivity index (χ4n) is 4.82. The van der Waals surface area contributed by atoms with Crippen molar-refractivity contribution in [3.8, 4) is 0 Å². The summed E-state index contributed by atoms with van der Waals surface area (Å²) < 4.78 is 2.13. The molecular weight excluding hydrogens is 332 g/mol. The molecule has 27 heavy (non-hydrogen) atoms. The molecule has 3 nitrogen and oxygen atoms in total. The zero-order chi connectivity index (χ0) is 18.4. The van der Waals surface area contributed by atoms with Gasteiger partial charge < -0.3 is 9.47 Å². The van der Waals surface area contributed by atoms with E-state index in [4.69, 9.17) is 0 Å². The summed E-state index contributed by atoms with van der Waals surface area (Å²) in [5.74, 6) is 0.288. The lowest BCUT2D eigenvalue weighted by Crippen LogP contribution is -2.39. The highest BCUT2D eigenvalue weighted by atomic mass is 16.2. The third kappa shape index (κ3) is 2.95. The van der Waals surface area contributed by atoms with Crippen LogP contribution in [-0.2, 0) is 24.7 Å². The number of benzene rings is 2. The summed E-state index contributed by atoms with van der Waals surface area (Å²) in [5.41, 5.74) is 5.15. The van der Waals surface area contributed by atoms with Crippen molar-refractivity contribution in [2.75, 3.05) is 0 Å². The molecule has 0 bridgehead atoms. The predicted molar refractivity (Wildman–Crippen MR) is 109 cm³/mol. The molecule has 138 valence electrons. The number of nitrogens with zero attached hydrogens (tertiary/aromatic N) is 2. The van der Waals surface area contributed by atoms with Crippen LogP contribution in [0.25, 0.3) is 10.9 Å². The Labute approximate surface area is 160 Å². The van der Waals surface area contributed by atoms with Gasteiger partial charge in [0.2, 0.25) is 5.91 Å². The molecule has 0 aliphatic heterocycles. The number of carbonyl (C=O) groups is 1. The van der Waals surface area contributed by atoms with E-state index in [0.29, 0.717) is 12.5 Å². The number of carbonyl (C=O) groups excluding carboxylic acids is 1. The fourth-order valence-corrected chi connectivity index (χ4v) is 4.82. The SMILES string of the molecule is Cn1cc(CC(=O)N(C2CC2)C2CCCc3ccccc32)c2ccccc21. The van der Waals surface area contributed by atoms with Gasteiger partial charge in [0.1, 0.15) is 0 Å². The van der Waals surface area contributed by atoms with Gasteiger partial charge in [-0.1, -0.05) is 42.5 Å². The number of hydrogen-bond donors (Lipinski definition) is 0. The van der Waals surface area contributed by atoms with Gasteiger partial charge in [0.15, 0.2) is 0 Å². The van der Waals surface area contributed by atoms with Gasteiger partial charge in [0, 0.05) is 30.2 Å². The highest BCUT2D eigenvalue weighted by Crippen LogP contribution is 2.41. The van der Waals surface area contributed by atoms with Crippen LogP contribution in [0.15, 0.2) is 54.7 Å². The van der Waals surface area contributed by atoms with E-state index in [1.165, 1.54) is 28.5 Å². The summed E-state index contributed by atoms with van der Waals surface area (Å²) >= 11 is 0. The van der Waals surface area contributed by atoms with Crippen molar-refractivity contribution in [3.05, 3.63) is 71.4 Å². The number of fused-ring (bicyclic) bond motifs is 2. The van der Waals surface area contributed by atoms with E-state index in [0.717, 1.165) is 31.2 Å². The molecule has 1 heterocycles. The Morgan fingerprint density at radius 2 is 1.85 bits per heavy atom. The Morgan fingerprint density at radius 3 is 2.70 bits per heavy atom. The quantitative estimate of drug-likeness (QED) is 0.658. The van der Waals surface area contributed by atoms with Gasteiger partial charge in [-0.3, -0.25) is 4.79 Å². The molecule has 1 fully saturated rings. The van der Waals surface area contributed by atoms with Gasteiger partial charge in [-0.25, -0.2) is 0 Å². The number of rotatable bonds is 4. The second-order valence-corrected chi connectivity index (χ2v) is 8.10. The van der Waals surface area contributed by atoms with Crippen molar-refractivity contribution in [1.82, 2.24) is 9.47 Å². The van der Waals surface area contributed by atoms with Crippen LogP contribution in [0.4, 0.5) is 0 Å². The average molecular weight is 358 g/mol. The second-order valence-electron chi connectivity index (χ2n) is 8.10. The van der Waals surface area contributed by atoms with Crippen molar-refractivity contribution >= 4 is 16.8 Å². The molecule has 2 aromatic carbocycles. The Morgan fingerprint density at radius 1 is 1.07 bits per heavy atom. The Bertz CT molecular complexity index is 999. The van der Waals surface area contributed by atoms with E-state index in [-0.39, 0.29) is 11.9 Å². The zero-order valence-corrected chi connectivity index (χ0v) is 15.9. The highest BCUT2D eigenvalue weighted by Gasteiger charge is 2.39. The summed E-state index contributed by atoms with van der Waals surface area (Å²) in [4.78, 5) is 15.7. The van der Waals surface area contributed by atoms with Gasteiger partial charge in [-0.15, -0.1) is 0 Å². The first-order chi connectivity index (χ1) is 13.2. The van der Waals surface area contributed by atoms with Gasteiger partial charge in [-0.05, 0) is 54.9 Å². The number of aromatic nitrogens is 1. The smallest absolute Gasteiger partial charge is 0.227 e. The Kier molecular flexibility index (Phi) is 4.04. The summed E-state index contributed by atoms with van der Waals surface area (Å²) in [6.45, 7) is 0. The largest absolute Gasteiger partial charge is 0.350 e. The molecule has 1 amide bonds. The Balaban J connectivity index is 1.47. The molecule has 3 aromatic rings. The maximum atomic E-state index is 13.5. The first-order valence-corrected chi connectivity index (χ1v) is 10.1.